The van der Waals surface area contributed by atoms with Crippen LogP contribution in [-0.2, 0) is 0 Å². The van der Waals surface area contributed by atoms with Gasteiger partial charge in [0.2, 0.25) is 5.88 Å². The Hall–Kier alpha value is -3.28. The highest BCUT2D eigenvalue weighted by molar-refractivity contribution is 5.90. The van der Waals surface area contributed by atoms with Crippen LogP contribution in [0.1, 0.15) is 0 Å². The number of rotatable bonds is 1. The fourth-order valence-electron chi connectivity index (χ4n) is 2.48. The van der Waals surface area contributed by atoms with E-state index in [2.05, 4.69) is 4.98 Å². The summed E-state index contributed by atoms with van der Waals surface area (Å²) in [6, 6.07) is 11.6. The van der Waals surface area contributed by atoms with Gasteiger partial charge in [-0.1, -0.05) is 30.0 Å². The third kappa shape index (κ3) is 1.61. The van der Waals surface area contributed by atoms with Gasteiger partial charge in [0.1, 0.15) is 16.9 Å². The van der Waals surface area contributed by atoms with Crippen molar-refractivity contribution in [1.82, 2.24) is 9.38 Å². The van der Waals surface area contributed by atoms with Gasteiger partial charge in [0.15, 0.2) is 0 Å². The Labute approximate surface area is 123 Å². The number of aromatic nitrogens is 2. The second kappa shape index (κ2) is 4.36. The summed E-state index contributed by atoms with van der Waals surface area (Å²) in [5.41, 5.74) is -0.510. The predicted octanol–water partition coefficient (Wildman–Crippen LogP) is 1.89. The number of hydrogen-bond acceptors (Lipinski definition) is 5. The minimum absolute atomic E-state index is 0.0734. The predicted molar refractivity (Wildman–Crippen MR) is 77.8 cm³/mol. The Kier molecular flexibility index (Phi) is 2.47. The molecule has 0 aliphatic carbocycles. The number of nitrogens with zero attached hydrogens (tertiary/aromatic N) is 2. The standard InChI is InChI=1S/C16H10N2O4/c19-14-9-5-1-2-6-10(9)22-16(21)12(14)13-15(20)18-8-4-3-7-11(18)17-13/h1-8,19-20H/p-1. The van der Waals surface area contributed by atoms with E-state index in [1.807, 2.05) is 0 Å². The van der Waals surface area contributed by atoms with Crippen molar-refractivity contribution in [2.45, 2.75) is 0 Å². The number of hydrogen-bond donors (Lipinski definition) is 1. The average Bonchev–Trinajstić information content (AvgIpc) is 2.85. The van der Waals surface area contributed by atoms with Crippen molar-refractivity contribution in [1.29, 1.82) is 0 Å². The SMILES string of the molecule is O=c1oc2ccccc2c([O-])c1-c1nc2ccccn2c1O. The zero-order chi connectivity index (χ0) is 15.3. The van der Waals surface area contributed by atoms with Crippen molar-refractivity contribution in [2.24, 2.45) is 0 Å². The quantitative estimate of drug-likeness (QED) is 0.541. The van der Waals surface area contributed by atoms with Gasteiger partial charge in [-0.25, -0.2) is 9.78 Å². The third-order valence-electron chi connectivity index (χ3n) is 3.51. The first kappa shape index (κ1) is 12.5. The van der Waals surface area contributed by atoms with E-state index in [-0.39, 0.29) is 28.1 Å². The maximum Gasteiger partial charge on any atom is 0.345 e. The molecular formula is C16H9N2O4-. The largest absolute Gasteiger partial charge is 0.871 e. The maximum absolute atomic E-state index is 12.6. The van der Waals surface area contributed by atoms with Crippen LogP contribution < -0.4 is 10.7 Å². The highest BCUT2D eigenvalue weighted by Gasteiger charge is 2.19. The molecule has 4 aromatic rings. The normalized spacial score (nSPS) is 11.3. The molecule has 0 unspecified atom stereocenters. The molecule has 108 valence electrons. The average molecular weight is 293 g/mol. The van der Waals surface area contributed by atoms with E-state index in [1.54, 1.807) is 48.7 Å². The van der Waals surface area contributed by atoms with Crippen LogP contribution in [0.3, 0.4) is 0 Å². The van der Waals surface area contributed by atoms with Crippen LogP contribution in [-0.4, -0.2) is 14.5 Å². The molecule has 0 amide bonds. The zero-order valence-corrected chi connectivity index (χ0v) is 11.2. The van der Waals surface area contributed by atoms with Crippen LogP contribution in [0.4, 0.5) is 0 Å². The summed E-state index contributed by atoms with van der Waals surface area (Å²) in [5.74, 6) is -0.777. The van der Waals surface area contributed by atoms with Crippen molar-refractivity contribution in [3.63, 3.8) is 0 Å². The Balaban J connectivity index is 2.12. The van der Waals surface area contributed by atoms with Gasteiger partial charge in [-0.3, -0.25) is 4.40 Å². The minimum atomic E-state index is -0.817. The third-order valence-corrected chi connectivity index (χ3v) is 3.51. The van der Waals surface area contributed by atoms with Crippen LogP contribution in [0, 0.1) is 0 Å². The van der Waals surface area contributed by atoms with E-state index < -0.39 is 11.4 Å². The van der Waals surface area contributed by atoms with Crippen LogP contribution >= 0.6 is 0 Å². The molecule has 0 bridgehead atoms. The molecule has 6 heteroatoms. The zero-order valence-electron chi connectivity index (χ0n) is 11.2. The molecule has 1 N–H and O–H groups in total. The van der Waals surface area contributed by atoms with Crippen molar-refractivity contribution in [2.75, 3.05) is 0 Å². The second-order valence-electron chi connectivity index (χ2n) is 4.80. The van der Waals surface area contributed by atoms with Crippen molar-refractivity contribution >= 4 is 16.6 Å². The summed E-state index contributed by atoms with van der Waals surface area (Å²) < 4.78 is 6.56. The lowest BCUT2D eigenvalue weighted by Crippen LogP contribution is -2.09. The van der Waals surface area contributed by atoms with Gasteiger partial charge in [0, 0.05) is 11.6 Å². The molecule has 3 aromatic heterocycles. The van der Waals surface area contributed by atoms with Gasteiger partial charge in [-0.2, -0.15) is 0 Å². The van der Waals surface area contributed by atoms with E-state index in [0.717, 1.165) is 0 Å². The molecule has 1 aromatic carbocycles. The van der Waals surface area contributed by atoms with E-state index in [0.29, 0.717) is 5.65 Å². The van der Waals surface area contributed by atoms with Crippen molar-refractivity contribution in [3.05, 3.63) is 59.1 Å². The number of para-hydroxylation sites is 1. The first-order chi connectivity index (χ1) is 10.7. The summed E-state index contributed by atoms with van der Waals surface area (Å²) in [7, 11) is 0. The summed E-state index contributed by atoms with van der Waals surface area (Å²) >= 11 is 0. The number of imidazole rings is 1. The van der Waals surface area contributed by atoms with E-state index in [9.17, 15) is 15.0 Å². The number of pyridine rings is 1. The first-order valence-corrected chi connectivity index (χ1v) is 6.56. The summed E-state index contributed by atoms with van der Waals surface area (Å²) in [5, 5.41) is 23.1. The lowest BCUT2D eigenvalue weighted by atomic mass is 10.1. The fraction of sp³-hybridized carbons (Fsp3) is 0. The van der Waals surface area contributed by atoms with Gasteiger partial charge in [-0.05, 0) is 18.2 Å². The second-order valence-corrected chi connectivity index (χ2v) is 4.80. The molecule has 22 heavy (non-hydrogen) atoms. The van der Waals surface area contributed by atoms with Crippen LogP contribution in [0.2, 0.25) is 0 Å². The Morgan fingerprint density at radius 1 is 1.14 bits per heavy atom. The lowest BCUT2D eigenvalue weighted by Gasteiger charge is -2.13. The smallest absolute Gasteiger partial charge is 0.345 e. The Morgan fingerprint density at radius 3 is 2.73 bits per heavy atom. The summed E-state index contributed by atoms with van der Waals surface area (Å²) in [6.07, 6.45) is 1.59. The summed E-state index contributed by atoms with van der Waals surface area (Å²) in [6.45, 7) is 0. The molecule has 0 radical (unpaired) electrons. The lowest BCUT2D eigenvalue weighted by molar-refractivity contribution is -0.265. The van der Waals surface area contributed by atoms with E-state index in [4.69, 9.17) is 4.42 Å². The molecule has 6 nitrogen and oxygen atoms in total. The molecule has 0 saturated heterocycles. The van der Waals surface area contributed by atoms with Gasteiger partial charge >= 0.3 is 5.63 Å². The fourth-order valence-corrected chi connectivity index (χ4v) is 2.48. The van der Waals surface area contributed by atoms with E-state index >= 15 is 0 Å². The van der Waals surface area contributed by atoms with Gasteiger partial charge < -0.3 is 14.6 Å². The number of benzene rings is 1. The van der Waals surface area contributed by atoms with Gasteiger partial charge in [0.05, 0.1) is 5.56 Å². The van der Waals surface area contributed by atoms with Crippen LogP contribution in [0.25, 0.3) is 27.9 Å². The topological polar surface area (TPSA) is 90.8 Å². The molecule has 0 atom stereocenters. The number of aromatic hydroxyl groups is 1. The molecule has 4 rings (SSSR count). The minimum Gasteiger partial charge on any atom is -0.871 e. The Morgan fingerprint density at radius 2 is 1.91 bits per heavy atom. The summed E-state index contributed by atoms with van der Waals surface area (Å²) in [4.78, 5) is 16.3. The van der Waals surface area contributed by atoms with Crippen LogP contribution in [0.5, 0.6) is 11.6 Å². The van der Waals surface area contributed by atoms with E-state index in [1.165, 1.54) is 4.40 Å². The monoisotopic (exact) mass is 293 g/mol. The molecule has 0 aliphatic heterocycles. The highest BCUT2D eigenvalue weighted by Crippen LogP contribution is 2.35. The molecule has 0 saturated carbocycles. The Bertz CT molecular complexity index is 1080. The van der Waals surface area contributed by atoms with Crippen molar-refractivity contribution in [3.8, 4) is 22.9 Å². The number of fused-ring (bicyclic) bond motifs is 2. The highest BCUT2D eigenvalue weighted by atomic mass is 16.4. The molecule has 0 spiro atoms. The molecule has 0 aliphatic rings. The molecular weight excluding hydrogens is 284 g/mol. The van der Waals surface area contributed by atoms with Gasteiger partial charge in [-0.15, -0.1) is 0 Å². The molecule has 0 fully saturated rings. The van der Waals surface area contributed by atoms with Gasteiger partial charge in [0.25, 0.3) is 0 Å². The maximum atomic E-state index is 12.6. The first-order valence-electron chi connectivity index (χ1n) is 6.56. The molecule has 3 heterocycles. The van der Waals surface area contributed by atoms with Crippen molar-refractivity contribution < 1.29 is 14.6 Å². The van der Waals surface area contributed by atoms with Crippen LogP contribution in [0.15, 0.2) is 57.9 Å².